The summed E-state index contributed by atoms with van der Waals surface area (Å²) in [7, 11) is 0. The van der Waals surface area contributed by atoms with Gasteiger partial charge in [-0.15, -0.1) is 10.2 Å². The summed E-state index contributed by atoms with van der Waals surface area (Å²) in [6.45, 7) is 0. The molecular weight excluding hydrogens is 298 g/mol. The lowest BCUT2D eigenvalue weighted by Gasteiger charge is -2.56. The molecular formula is C20H27N3O. The van der Waals surface area contributed by atoms with Crippen LogP contribution in [-0.4, -0.2) is 20.5 Å². The van der Waals surface area contributed by atoms with E-state index in [4.69, 9.17) is 5.10 Å². The molecule has 2 heterocycles. The average Bonchev–Trinajstić information content (AvgIpc) is 2.99. The first-order valence-electron chi connectivity index (χ1n) is 10.2. The van der Waals surface area contributed by atoms with E-state index in [0.29, 0.717) is 23.2 Å². The lowest BCUT2D eigenvalue weighted by atomic mass is 9.49. The maximum Gasteiger partial charge on any atom is 0.139 e. The number of aryl methyl sites for hydroxylation is 1. The molecule has 0 N–H and O–H groups in total. The molecule has 1 aliphatic heterocycles. The van der Waals surface area contributed by atoms with Gasteiger partial charge in [-0.1, -0.05) is 0 Å². The number of fused-ring (bicyclic) bond motifs is 3. The summed E-state index contributed by atoms with van der Waals surface area (Å²) in [5, 5.41) is 9.44. The lowest BCUT2D eigenvalue weighted by Crippen LogP contribution is -2.50. The van der Waals surface area contributed by atoms with Gasteiger partial charge in [-0.3, -0.25) is 4.79 Å². The normalized spacial score (nSPS) is 46.0. The second-order valence-corrected chi connectivity index (χ2v) is 9.66. The van der Waals surface area contributed by atoms with Gasteiger partial charge in [0.25, 0.3) is 0 Å². The summed E-state index contributed by atoms with van der Waals surface area (Å²) in [6.07, 6.45) is 13.3. The summed E-state index contributed by atoms with van der Waals surface area (Å²) in [5.41, 5.74) is 0.294. The quantitative estimate of drug-likeness (QED) is 0.792. The molecule has 0 amide bonds. The van der Waals surface area contributed by atoms with Crippen molar-refractivity contribution in [3.8, 4) is 0 Å². The van der Waals surface area contributed by atoms with Crippen LogP contribution in [0.5, 0.6) is 0 Å². The molecule has 0 radical (unpaired) electrons. The third-order valence-electron chi connectivity index (χ3n) is 8.12. The molecule has 7 rings (SSSR count). The van der Waals surface area contributed by atoms with E-state index < -0.39 is 0 Å². The topological polar surface area (TPSA) is 47.8 Å². The smallest absolute Gasteiger partial charge is 0.139 e. The number of aromatic nitrogens is 3. The molecule has 0 saturated heterocycles. The Labute approximate surface area is 143 Å². The molecule has 2 atom stereocenters. The summed E-state index contributed by atoms with van der Waals surface area (Å²) in [6, 6.07) is 0.369. The van der Waals surface area contributed by atoms with Crippen molar-refractivity contribution in [2.24, 2.45) is 23.7 Å². The number of nitrogens with zero attached hydrogens (tertiary/aromatic N) is 3. The van der Waals surface area contributed by atoms with Crippen molar-refractivity contribution in [2.45, 2.75) is 82.1 Å². The maximum absolute atomic E-state index is 12.2. The SMILES string of the molecule is O=C1CCC2CCc3nnc(C45CC6CC(CC(C6)C4)C5)n3C2C1. The fourth-order valence-corrected chi connectivity index (χ4v) is 7.58. The number of carbonyl (C=O) groups excluding carboxylic acids is 1. The minimum absolute atomic E-state index is 0.294. The average molecular weight is 325 g/mol. The van der Waals surface area contributed by atoms with Gasteiger partial charge in [-0.05, 0) is 75.0 Å². The van der Waals surface area contributed by atoms with Crippen LogP contribution >= 0.6 is 0 Å². The highest BCUT2D eigenvalue weighted by Gasteiger charge is 2.55. The van der Waals surface area contributed by atoms with Crippen molar-refractivity contribution in [1.82, 2.24) is 14.8 Å². The minimum Gasteiger partial charge on any atom is -0.311 e. The fraction of sp³-hybridized carbons (Fsp3) is 0.850. The Morgan fingerprint density at radius 3 is 2.29 bits per heavy atom. The zero-order valence-corrected chi connectivity index (χ0v) is 14.4. The van der Waals surface area contributed by atoms with Gasteiger partial charge in [0.2, 0.25) is 0 Å². The van der Waals surface area contributed by atoms with Crippen LogP contribution in [-0.2, 0) is 16.6 Å². The largest absolute Gasteiger partial charge is 0.311 e. The number of Topliss-reactive ketones (excluding diaryl/α,β-unsaturated/α-hetero) is 1. The van der Waals surface area contributed by atoms with Crippen LogP contribution in [0.2, 0.25) is 0 Å². The van der Waals surface area contributed by atoms with Crippen LogP contribution in [0.3, 0.4) is 0 Å². The minimum atomic E-state index is 0.294. The molecule has 5 aliphatic carbocycles. The van der Waals surface area contributed by atoms with E-state index in [2.05, 4.69) is 9.67 Å². The monoisotopic (exact) mass is 325 g/mol. The highest BCUT2D eigenvalue weighted by atomic mass is 16.1. The van der Waals surface area contributed by atoms with Crippen LogP contribution in [0, 0.1) is 23.7 Å². The maximum atomic E-state index is 12.2. The molecule has 4 nitrogen and oxygen atoms in total. The summed E-state index contributed by atoms with van der Waals surface area (Å²) < 4.78 is 2.50. The molecule has 2 unspecified atom stereocenters. The molecule has 1 aromatic rings. The van der Waals surface area contributed by atoms with Gasteiger partial charge in [0.1, 0.15) is 17.4 Å². The van der Waals surface area contributed by atoms with Crippen molar-refractivity contribution in [3.05, 3.63) is 11.6 Å². The van der Waals surface area contributed by atoms with Crippen LogP contribution in [0.25, 0.3) is 0 Å². The van der Waals surface area contributed by atoms with Crippen molar-refractivity contribution < 1.29 is 4.79 Å². The summed E-state index contributed by atoms with van der Waals surface area (Å²) >= 11 is 0. The van der Waals surface area contributed by atoms with E-state index in [0.717, 1.165) is 43.4 Å². The fourth-order valence-electron chi connectivity index (χ4n) is 7.58. The molecule has 24 heavy (non-hydrogen) atoms. The predicted molar refractivity (Wildman–Crippen MR) is 89.6 cm³/mol. The summed E-state index contributed by atoms with van der Waals surface area (Å²) in [5.74, 6) is 6.38. The molecule has 4 bridgehead atoms. The van der Waals surface area contributed by atoms with Gasteiger partial charge >= 0.3 is 0 Å². The van der Waals surface area contributed by atoms with Crippen molar-refractivity contribution >= 4 is 5.78 Å². The van der Waals surface area contributed by atoms with Crippen LogP contribution < -0.4 is 0 Å². The molecule has 5 fully saturated rings. The molecule has 4 heteroatoms. The Hall–Kier alpha value is -1.19. The molecule has 6 aliphatic rings. The van der Waals surface area contributed by atoms with Crippen molar-refractivity contribution in [2.75, 3.05) is 0 Å². The number of carbonyl (C=O) groups is 1. The third-order valence-corrected chi connectivity index (χ3v) is 8.12. The Morgan fingerprint density at radius 2 is 1.58 bits per heavy atom. The van der Waals surface area contributed by atoms with Gasteiger partial charge in [-0.25, -0.2) is 0 Å². The molecule has 128 valence electrons. The van der Waals surface area contributed by atoms with Crippen LogP contribution in [0.15, 0.2) is 0 Å². The zero-order chi connectivity index (χ0) is 15.9. The molecule has 5 saturated carbocycles. The second-order valence-electron chi connectivity index (χ2n) is 9.66. The molecule has 0 aromatic carbocycles. The Morgan fingerprint density at radius 1 is 0.917 bits per heavy atom. The van der Waals surface area contributed by atoms with E-state index in [-0.39, 0.29) is 0 Å². The van der Waals surface area contributed by atoms with Crippen molar-refractivity contribution in [1.29, 1.82) is 0 Å². The Balaban J connectivity index is 1.45. The third kappa shape index (κ3) is 1.83. The van der Waals surface area contributed by atoms with Gasteiger partial charge in [0, 0.05) is 30.7 Å². The van der Waals surface area contributed by atoms with Crippen LogP contribution in [0.4, 0.5) is 0 Å². The van der Waals surface area contributed by atoms with Gasteiger partial charge in [0.15, 0.2) is 0 Å². The highest BCUT2D eigenvalue weighted by molar-refractivity contribution is 5.79. The highest BCUT2D eigenvalue weighted by Crippen LogP contribution is 2.61. The second kappa shape index (κ2) is 4.70. The molecule has 1 aromatic heterocycles. The number of ketones is 1. The zero-order valence-electron chi connectivity index (χ0n) is 14.4. The van der Waals surface area contributed by atoms with E-state index in [9.17, 15) is 4.79 Å². The standard InChI is InChI=1S/C20H27N3O/c24-16-3-1-15-2-4-18-21-22-19(23(18)17(15)8-16)20-9-12-5-13(10-20)7-14(6-12)11-20/h12-15,17H,1-11H2. The van der Waals surface area contributed by atoms with E-state index in [1.807, 2.05) is 0 Å². The Bertz CT molecular complexity index is 670. The number of hydrogen-bond acceptors (Lipinski definition) is 3. The number of rotatable bonds is 1. The van der Waals surface area contributed by atoms with E-state index >= 15 is 0 Å². The molecule has 0 spiro atoms. The first-order chi connectivity index (χ1) is 11.7. The summed E-state index contributed by atoms with van der Waals surface area (Å²) in [4.78, 5) is 12.2. The van der Waals surface area contributed by atoms with E-state index in [1.165, 1.54) is 56.6 Å². The van der Waals surface area contributed by atoms with Gasteiger partial charge in [0.05, 0.1) is 0 Å². The number of hydrogen-bond donors (Lipinski definition) is 0. The first-order valence-corrected chi connectivity index (χ1v) is 10.2. The first kappa shape index (κ1) is 14.0. The van der Waals surface area contributed by atoms with E-state index in [1.54, 1.807) is 0 Å². The Kier molecular flexibility index (Phi) is 2.75. The predicted octanol–water partition coefficient (Wildman–Crippen LogP) is 3.60. The van der Waals surface area contributed by atoms with Gasteiger partial charge < -0.3 is 4.57 Å². The van der Waals surface area contributed by atoms with Crippen LogP contribution in [0.1, 0.15) is 81.9 Å². The lowest BCUT2D eigenvalue weighted by molar-refractivity contribution is -0.122. The van der Waals surface area contributed by atoms with Crippen molar-refractivity contribution in [3.63, 3.8) is 0 Å². The van der Waals surface area contributed by atoms with Gasteiger partial charge in [-0.2, -0.15) is 0 Å².